The lowest BCUT2D eigenvalue weighted by atomic mass is 10.1. The number of nitrogen functional groups attached to an aromatic ring is 1. The highest BCUT2D eigenvalue weighted by Gasteiger charge is 2.35. The molecule has 102 valence electrons. The molecule has 19 heavy (non-hydrogen) atoms. The van der Waals surface area contributed by atoms with Crippen molar-refractivity contribution in [3.8, 4) is 6.07 Å². The minimum Gasteiger partial charge on any atom is -0.397 e. The van der Waals surface area contributed by atoms with E-state index in [9.17, 15) is 5.26 Å². The average Bonchev–Trinajstić information content (AvgIpc) is 3.14. The number of rotatable bonds is 2. The first-order valence-electron chi connectivity index (χ1n) is 6.89. The third kappa shape index (κ3) is 2.19. The molecule has 1 aliphatic carbocycles. The topological polar surface area (TPSA) is 56.3 Å². The van der Waals surface area contributed by atoms with Gasteiger partial charge in [-0.25, -0.2) is 0 Å². The van der Waals surface area contributed by atoms with E-state index in [-0.39, 0.29) is 0 Å². The van der Waals surface area contributed by atoms with Crippen molar-refractivity contribution < 1.29 is 0 Å². The zero-order valence-electron chi connectivity index (χ0n) is 11.5. The maximum Gasteiger partial charge on any atom is 0.130 e. The quantitative estimate of drug-likeness (QED) is 0.900. The first-order chi connectivity index (χ1) is 9.11. The molecule has 2 fully saturated rings. The van der Waals surface area contributed by atoms with Gasteiger partial charge in [-0.1, -0.05) is 0 Å². The van der Waals surface area contributed by atoms with Gasteiger partial charge in [-0.15, -0.1) is 11.3 Å². The third-order valence-corrected chi connectivity index (χ3v) is 5.31. The van der Waals surface area contributed by atoms with Gasteiger partial charge in [0, 0.05) is 31.2 Å². The van der Waals surface area contributed by atoms with E-state index in [1.165, 1.54) is 23.4 Å². The number of nitrogens with zero attached hydrogens (tertiary/aromatic N) is 3. The second-order valence-corrected chi connectivity index (χ2v) is 6.75. The number of piperazine rings is 1. The molecule has 0 amide bonds. The molecule has 0 bridgehead atoms. The first-order valence-corrected chi connectivity index (χ1v) is 7.71. The van der Waals surface area contributed by atoms with Gasteiger partial charge in [0.15, 0.2) is 0 Å². The molecule has 0 spiro atoms. The van der Waals surface area contributed by atoms with Gasteiger partial charge in [0.25, 0.3) is 0 Å². The van der Waals surface area contributed by atoms with Gasteiger partial charge in [0.1, 0.15) is 10.9 Å². The minimum atomic E-state index is 0.487. The van der Waals surface area contributed by atoms with Crippen molar-refractivity contribution >= 4 is 22.0 Å². The largest absolute Gasteiger partial charge is 0.397 e. The van der Waals surface area contributed by atoms with Crippen LogP contribution in [0.4, 0.5) is 10.7 Å². The van der Waals surface area contributed by atoms with Crippen LogP contribution in [0.1, 0.15) is 36.1 Å². The fourth-order valence-electron chi connectivity index (χ4n) is 2.95. The van der Waals surface area contributed by atoms with Crippen LogP contribution in [0.2, 0.25) is 0 Å². The van der Waals surface area contributed by atoms with Crippen LogP contribution in [0.5, 0.6) is 0 Å². The Morgan fingerprint density at radius 2 is 2.11 bits per heavy atom. The molecule has 0 radical (unpaired) electrons. The standard InChI is InChI=1S/C14H20N4S/c1-9-8-17(2)5-6-18(9)14-12(10-3-4-10)13(16)11(7-15)19-14/h9-10H,3-6,8,16H2,1-2H3. The van der Waals surface area contributed by atoms with Gasteiger partial charge in [-0.3, -0.25) is 0 Å². The van der Waals surface area contributed by atoms with Gasteiger partial charge in [0.05, 0.1) is 10.7 Å². The van der Waals surface area contributed by atoms with Crippen molar-refractivity contribution in [2.45, 2.75) is 31.7 Å². The van der Waals surface area contributed by atoms with E-state index in [1.54, 1.807) is 11.3 Å². The van der Waals surface area contributed by atoms with Crippen LogP contribution < -0.4 is 10.6 Å². The summed E-state index contributed by atoms with van der Waals surface area (Å²) in [7, 11) is 2.17. The lowest BCUT2D eigenvalue weighted by molar-refractivity contribution is 0.276. The van der Waals surface area contributed by atoms with Crippen molar-refractivity contribution in [1.82, 2.24) is 4.90 Å². The highest BCUT2D eigenvalue weighted by atomic mass is 32.1. The predicted molar refractivity (Wildman–Crippen MR) is 79.7 cm³/mol. The smallest absolute Gasteiger partial charge is 0.130 e. The molecule has 1 aromatic heterocycles. The molecule has 2 N–H and O–H groups in total. The first kappa shape index (κ1) is 12.8. The molecule has 2 aliphatic rings. The summed E-state index contributed by atoms with van der Waals surface area (Å²) in [6, 6.07) is 2.74. The monoisotopic (exact) mass is 276 g/mol. The predicted octanol–water partition coefficient (Wildman–Crippen LogP) is 2.22. The van der Waals surface area contributed by atoms with Crippen LogP contribution in [-0.4, -0.2) is 37.6 Å². The second kappa shape index (κ2) is 4.69. The highest BCUT2D eigenvalue weighted by Crippen LogP contribution is 2.52. The summed E-state index contributed by atoms with van der Waals surface area (Å²) in [5, 5.41) is 10.5. The van der Waals surface area contributed by atoms with E-state index >= 15 is 0 Å². The van der Waals surface area contributed by atoms with Crippen molar-refractivity contribution in [2.75, 3.05) is 37.3 Å². The molecule has 5 heteroatoms. The number of thiophene rings is 1. The summed E-state index contributed by atoms with van der Waals surface area (Å²) in [5.41, 5.74) is 8.19. The highest BCUT2D eigenvalue weighted by molar-refractivity contribution is 7.17. The number of likely N-dealkylation sites (N-methyl/N-ethyl adjacent to an activating group) is 1. The van der Waals surface area contributed by atoms with Crippen LogP contribution in [0.3, 0.4) is 0 Å². The van der Waals surface area contributed by atoms with Crippen LogP contribution in [0, 0.1) is 11.3 Å². The maximum atomic E-state index is 9.22. The minimum absolute atomic E-state index is 0.487. The maximum absolute atomic E-state index is 9.22. The molecule has 1 aromatic rings. The van der Waals surface area contributed by atoms with Crippen LogP contribution in [0.25, 0.3) is 0 Å². The Bertz CT molecular complexity index is 526. The Morgan fingerprint density at radius 3 is 2.68 bits per heavy atom. The number of hydrogen-bond acceptors (Lipinski definition) is 5. The second-order valence-electron chi connectivity index (χ2n) is 5.75. The lowest BCUT2D eigenvalue weighted by Gasteiger charge is -2.39. The van der Waals surface area contributed by atoms with Crippen molar-refractivity contribution in [2.24, 2.45) is 0 Å². The Labute approximate surface area is 118 Å². The zero-order valence-corrected chi connectivity index (χ0v) is 12.3. The van der Waals surface area contributed by atoms with E-state index < -0.39 is 0 Å². The van der Waals surface area contributed by atoms with Crippen LogP contribution in [0.15, 0.2) is 0 Å². The molecule has 1 aliphatic heterocycles. The summed E-state index contributed by atoms with van der Waals surface area (Å²) >= 11 is 1.59. The molecule has 4 nitrogen and oxygen atoms in total. The fraction of sp³-hybridized carbons (Fsp3) is 0.643. The summed E-state index contributed by atoms with van der Waals surface area (Å²) in [6.45, 7) is 5.44. The summed E-state index contributed by atoms with van der Waals surface area (Å²) in [4.78, 5) is 5.51. The van der Waals surface area contributed by atoms with Gasteiger partial charge in [-0.05, 0) is 32.7 Å². The number of anilines is 2. The fourth-order valence-corrected chi connectivity index (χ4v) is 4.18. The molecule has 0 aromatic carbocycles. The molecule has 2 heterocycles. The van der Waals surface area contributed by atoms with Crippen molar-refractivity contribution in [3.63, 3.8) is 0 Å². The third-order valence-electron chi connectivity index (χ3n) is 4.14. The number of nitrogens with two attached hydrogens (primary N) is 1. The molecule has 1 saturated carbocycles. The molecule has 1 unspecified atom stereocenters. The SMILES string of the molecule is CC1CN(C)CCN1c1sc(C#N)c(N)c1C1CC1. The van der Waals surface area contributed by atoms with Crippen molar-refractivity contribution in [3.05, 3.63) is 10.4 Å². The molecular formula is C14H20N4S. The van der Waals surface area contributed by atoms with Gasteiger partial charge >= 0.3 is 0 Å². The molecule has 1 atom stereocenters. The van der Waals surface area contributed by atoms with Gasteiger partial charge in [-0.2, -0.15) is 5.26 Å². The van der Waals surface area contributed by atoms with E-state index in [2.05, 4.69) is 29.8 Å². The number of hydrogen-bond donors (Lipinski definition) is 1. The normalized spacial score (nSPS) is 24.5. The van der Waals surface area contributed by atoms with Gasteiger partial charge < -0.3 is 15.5 Å². The summed E-state index contributed by atoms with van der Waals surface area (Å²) < 4.78 is 0. The number of nitriles is 1. The Hall–Kier alpha value is -1.25. The van der Waals surface area contributed by atoms with E-state index in [1.807, 2.05) is 0 Å². The van der Waals surface area contributed by atoms with E-state index in [0.717, 1.165) is 25.3 Å². The van der Waals surface area contributed by atoms with Crippen LogP contribution >= 0.6 is 11.3 Å². The van der Waals surface area contributed by atoms with E-state index in [0.29, 0.717) is 16.8 Å². The average molecular weight is 276 g/mol. The molecular weight excluding hydrogens is 256 g/mol. The Balaban J connectivity index is 1.98. The zero-order chi connectivity index (χ0) is 13.6. The van der Waals surface area contributed by atoms with E-state index in [4.69, 9.17) is 5.73 Å². The van der Waals surface area contributed by atoms with Crippen LogP contribution in [-0.2, 0) is 0 Å². The lowest BCUT2D eigenvalue weighted by Crippen LogP contribution is -2.50. The molecule has 1 saturated heterocycles. The van der Waals surface area contributed by atoms with Crippen molar-refractivity contribution in [1.29, 1.82) is 5.26 Å². The summed E-state index contributed by atoms with van der Waals surface area (Å²) in [5.74, 6) is 0.597. The Kier molecular flexibility index (Phi) is 3.15. The van der Waals surface area contributed by atoms with Gasteiger partial charge in [0.2, 0.25) is 0 Å². The Morgan fingerprint density at radius 1 is 1.37 bits per heavy atom. The summed E-state index contributed by atoms with van der Waals surface area (Å²) in [6.07, 6.45) is 2.45. The molecule has 3 rings (SSSR count).